The molecule has 1 saturated heterocycles. The smallest absolute Gasteiger partial charge is 0.411 e. The highest BCUT2D eigenvalue weighted by atomic mass is 16.6. The number of carbonyl (C=O) groups is 1. The average Bonchev–Trinajstić information content (AvgIpc) is 2.52. The maximum Gasteiger partial charge on any atom is 0.411 e. The van der Waals surface area contributed by atoms with Crippen LogP contribution >= 0.6 is 0 Å². The third kappa shape index (κ3) is 4.08. The molecule has 2 aliphatic heterocycles. The van der Waals surface area contributed by atoms with Crippen LogP contribution < -0.4 is 0 Å². The third-order valence-electron chi connectivity index (χ3n) is 5.19. The summed E-state index contributed by atoms with van der Waals surface area (Å²) in [5.74, 6) is 0.552. The number of ether oxygens (including phenoxy) is 1. The number of nitrogens with zero attached hydrogens (tertiary/aromatic N) is 1. The zero-order chi connectivity index (χ0) is 18.2. The van der Waals surface area contributed by atoms with E-state index in [9.17, 15) is 4.79 Å². The molecular weight excluding hydrogens is 310 g/mol. The Hall–Kier alpha value is -1.77. The maximum atomic E-state index is 12.7. The second-order valence-electron chi connectivity index (χ2n) is 8.71. The van der Waals surface area contributed by atoms with E-state index in [1.54, 1.807) is 0 Å². The molecule has 0 N–H and O–H groups in total. The Kier molecular flexibility index (Phi) is 4.95. The van der Waals surface area contributed by atoms with E-state index >= 15 is 0 Å². The molecule has 0 aliphatic carbocycles. The fourth-order valence-corrected chi connectivity index (χ4v) is 3.93. The Morgan fingerprint density at radius 3 is 2.40 bits per heavy atom. The monoisotopic (exact) mass is 341 g/mol. The second kappa shape index (κ2) is 6.86. The van der Waals surface area contributed by atoms with Crippen LogP contribution in [-0.4, -0.2) is 28.7 Å². The fourth-order valence-electron chi connectivity index (χ4n) is 3.93. The van der Waals surface area contributed by atoms with Gasteiger partial charge in [0.15, 0.2) is 0 Å². The fraction of sp³-hybridized carbons (Fsp3) is 0.591. The molecule has 2 unspecified atom stereocenters. The largest absolute Gasteiger partial charge is 0.444 e. The summed E-state index contributed by atoms with van der Waals surface area (Å²) in [7, 11) is 0. The van der Waals surface area contributed by atoms with Crippen molar-refractivity contribution in [1.29, 1.82) is 0 Å². The molecule has 2 bridgehead atoms. The average molecular weight is 341 g/mol. The van der Waals surface area contributed by atoms with Gasteiger partial charge in [-0.25, -0.2) is 4.79 Å². The van der Waals surface area contributed by atoms with Gasteiger partial charge in [0.1, 0.15) is 5.60 Å². The number of fused-ring (bicyclic) bond motifs is 2. The van der Waals surface area contributed by atoms with Gasteiger partial charge < -0.3 is 4.74 Å². The molecule has 3 rings (SSSR count). The zero-order valence-corrected chi connectivity index (χ0v) is 16.2. The Labute approximate surface area is 152 Å². The molecule has 1 aromatic rings. The van der Waals surface area contributed by atoms with Crippen molar-refractivity contribution >= 4 is 11.7 Å². The molecule has 136 valence electrons. The first-order valence-corrected chi connectivity index (χ1v) is 9.57. The van der Waals surface area contributed by atoms with Gasteiger partial charge in [-0.05, 0) is 69.1 Å². The molecule has 1 aromatic carbocycles. The van der Waals surface area contributed by atoms with Crippen LogP contribution in [0.3, 0.4) is 0 Å². The van der Waals surface area contributed by atoms with Crippen molar-refractivity contribution in [1.82, 2.24) is 4.90 Å². The Balaban J connectivity index is 1.82. The summed E-state index contributed by atoms with van der Waals surface area (Å²) in [5, 5.41) is 0. The lowest BCUT2D eigenvalue weighted by Gasteiger charge is -2.45. The maximum absolute atomic E-state index is 12.7. The van der Waals surface area contributed by atoms with Gasteiger partial charge in [-0.3, -0.25) is 4.90 Å². The number of hydrogen-bond acceptors (Lipinski definition) is 2. The minimum atomic E-state index is -0.442. The first kappa shape index (κ1) is 18.0. The number of amides is 1. The van der Waals surface area contributed by atoms with Crippen LogP contribution in [0.15, 0.2) is 30.3 Å². The third-order valence-corrected chi connectivity index (χ3v) is 5.19. The van der Waals surface area contributed by atoms with Crippen molar-refractivity contribution in [3.05, 3.63) is 41.5 Å². The molecule has 1 amide bonds. The quantitative estimate of drug-likeness (QED) is 0.685. The van der Waals surface area contributed by atoms with Crippen molar-refractivity contribution in [3.63, 3.8) is 0 Å². The topological polar surface area (TPSA) is 29.5 Å². The Morgan fingerprint density at radius 1 is 1.16 bits per heavy atom. The van der Waals surface area contributed by atoms with E-state index in [0.29, 0.717) is 5.92 Å². The molecule has 1 fully saturated rings. The summed E-state index contributed by atoms with van der Waals surface area (Å²) in [6.45, 7) is 10.2. The number of piperidine rings is 1. The highest BCUT2D eigenvalue weighted by molar-refractivity contribution is 5.74. The molecule has 0 radical (unpaired) electrons. The lowest BCUT2D eigenvalue weighted by Crippen LogP contribution is -2.53. The van der Waals surface area contributed by atoms with Crippen LogP contribution in [-0.2, 0) is 4.74 Å². The SMILES string of the molecule is CC(C)c1ccc(C2=CC3CCCC(C2)N3C(=O)OC(C)(C)C)cc1. The van der Waals surface area contributed by atoms with Crippen LogP contribution in [0.5, 0.6) is 0 Å². The van der Waals surface area contributed by atoms with Gasteiger partial charge in [-0.2, -0.15) is 0 Å². The van der Waals surface area contributed by atoms with Crippen molar-refractivity contribution in [2.75, 3.05) is 0 Å². The minimum Gasteiger partial charge on any atom is -0.444 e. The first-order chi connectivity index (χ1) is 11.7. The summed E-state index contributed by atoms with van der Waals surface area (Å²) >= 11 is 0. The van der Waals surface area contributed by atoms with Crippen LogP contribution in [0, 0.1) is 0 Å². The Bertz CT molecular complexity index is 652. The zero-order valence-electron chi connectivity index (χ0n) is 16.2. The summed E-state index contributed by atoms with van der Waals surface area (Å²) in [5.41, 5.74) is 3.60. The number of benzene rings is 1. The van der Waals surface area contributed by atoms with Crippen LogP contribution in [0.4, 0.5) is 4.79 Å². The van der Waals surface area contributed by atoms with E-state index in [-0.39, 0.29) is 18.2 Å². The summed E-state index contributed by atoms with van der Waals surface area (Å²) in [6.07, 6.45) is 6.35. The van der Waals surface area contributed by atoms with Crippen LogP contribution in [0.1, 0.15) is 77.3 Å². The molecule has 3 heteroatoms. The van der Waals surface area contributed by atoms with Gasteiger partial charge in [0, 0.05) is 6.04 Å². The standard InChI is InChI=1S/C22H31NO2/c1-15(2)16-9-11-17(12-10-16)18-13-19-7-6-8-20(14-18)23(19)21(24)25-22(3,4)5/h9-13,15,19-20H,6-8,14H2,1-5H3. The van der Waals surface area contributed by atoms with Gasteiger partial charge in [-0.15, -0.1) is 0 Å². The predicted octanol–water partition coefficient (Wildman–Crippen LogP) is 5.76. The predicted molar refractivity (Wildman–Crippen MR) is 103 cm³/mol. The number of hydrogen-bond donors (Lipinski definition) is 0. The van der Waals surface area contributed by atoms with Gasteiger partial charge in [-0.1, -0.05) is 44.2 Å². The number of carbonyl (C=O) groups excluding carboxylic acids is 1. The highest BCUT2D eigenvalue weighted by Gasteiger charge is 2.39. The molecule has 2 aliphatic rings. The molecule has 2 atom stereocenters. The molecule has 0 saturated carbocycles. The molecule has 0 spiro atoms. The Morgan fingerprint density at radius 2 is 1.84 bits per heavy atom. The van der Waals surface area contributed by atoms with Gasteiger partial charge in [0.05, 0.1) is 6.04 Å². The van der Waals surface area contributed by atoms with E-state index in [0.717, 1.165) is 19.3 Å². The molecule has 3 nitrogen and oxygen atoms in total. The second-order valence-corrected chi connectivity index (χ2v) is 8.71. The molecular formula is C22H31NO2. The molecule has 25 heavy (non-hydrogen) atoms. The normalized spacial score (nSPS) is 23.4. The highest BCUT2D eigenvalue weighted by Crippen LogP contribution is 2.38. The van der Waals surface area contributed by atoms with Crippen molar-refractivity contribution in [2.24, 2.45) is 0 Å². The minimum absolute atomic E-state index is 0.160. The summed E-state index contributed by atoms with van der Waals surface area (Å²) in [4.78, 5) is 14.7. The molecule has 2 heterocycles. The van der Waals surface area contributed by atoms with Crippen molar-refractivity contribution < 1.29 is 9.53 Å². The van der Waals surface area contributed by atoms with Crippen molar-refractivity contribution in [3.8, 4) is 0 Å². The summed E-state index contributed by atoms with van der Waals surface area (Å²) < 4.78 is 5.65. The molecule has 0 aromatic heterocycles. The van der Waals surface area contributed by atoms with E-state index in [1.165, 1.54) is 23.1 Å². The van der Waals surface area contributed by atoms with E-state index in [2.05, 4.69) is 44.2 Å². The van der Waals surface area contributed by atoms with Gasteiger partial charge >= 0.3 is 6.09 Å². The van der Waals surface area contributed by atoms with Crippen LogP contribution in [0.25, 0.3) is 5.57 Å². The van der Waals surface area contributed by atoms with Gasteiger partial charge in [0.2, 0.25) is 0 Å². The van der Waals surface area contributed by atoms with E-state index in [1.807, 2.05) is 25.7 Å². The van der Waals surface area contributed by atoms with Crippen LogP contribution in [0.2, 0.25) is 0 Å². The summed E-state index contributed by atoms with van der Waals surface area (Å²) in [6, 6.07) is 9.37. The lowest BCUT2D eigenvalue weighted by atomic mass is 9.83. The van der Waals surface area contributed by atoms with E-state index in [4.69, 9.17) is 4.74 Å². The number of rotatable bonds is 2. The van der Waals surface area contributed by atoms with Gasteiger partial charge in [0.25, 0.3) is 0 Å². The van der Waals surface area contributed by atoms with E-state index < -0.39 is 5.60 Å². The lowest BCUT2D eigenvalue weighted by molar-refractivity contribution is 0.0000857. The first-order valence-electron chi connectivity index (χ1n) is 9.57. The van der Waals surface area contributed by atoms with Crippen molar-refractivity contribution in [2.45, 2.75) is 83.9 Å².